The third-order valence-electron chi connectivity index (χ3n) is 16.2. The van der Waals surface area contributed by atoms with Crippen LogP contribution < -0.4 is 5.32 Å². The predicted octanol–water partition coefficient (Wildman–Crippen LogP) is 8.70. The van der Waals surface area contributed by atoms with Crippen LogP contribution in [0.4, 0.5) is 4.79 Å². The summed E-state index contributed by atoms with van der Waals surface area (Å²) in [6, 6.07) is 10.4. The van der Waals surface area contributed by atoms with Crippen molar-refractivity contribution in [1.82, 2.24) is 5.32 Å². The zero-order valence-electron chi connectivity index (χ0n) is 30.0. The number of nitrogens with one attached hydrogen (secondary N) is 1. The lowest BCUT2D eigenvalue weighted by Crippen LogP contribution is -2.67. The molecule has 0 spiro atoms. The Morgan fingerprint density at radius 3 is 2.30 bits per heavy atom. The number of aliphatic hydroxyl groups is 1. The molecule has 6 aliphatic carbocycles. The summed E-state index contributed by atoms with van der Waals surface area (Å²) < 4.78 is 12.4. The van der Waals surface area contributed by atoms with E-state index in [1.807, 2.05) is 30.3 Å². The van der Waals surface area contributed by atoms with Crippen LogP contribution >= 0.6 is 0 Å². The molecule has 6 heteroatoms. The van der Waals surface area contributed by atoms with Crippen LogP contribution in [0.3, 0.4) is 0 Å². The van der Waals surface area contributed by atoms with Gasteiger partial charge in [-0.15, -0.1) is 0 Å². The number of benzene rings is 1. The van der Waals surface area contributed by atoms with Gasteiger partial charge in [0.25, 0.3) is 0 Å². The van der Waals surface area contributed by atoms with Gasteiger partial charge < -0.3 is 19.9 Å². The Hall–Kier alpha value is -2.08. The Morgan fingerprint density at radius 2 is 1.60 bits per heavy atom. The molecule has 4 unspecified atom stereocenters. The van der Waals surface area contributed by atoms with Gasteiger partial charge in [0.15, 0.2) is 0 Å². The van der Waals surface area contributed by atoms with Crippen molar-refractivity contribution < 1.29 is 24.2 Å². The smallest absolute Gasteiger partial charge is 0.407 e. The fraction of sp³-hybridized carbons (Fsp3) is 0.805. The molecular formula is C41H61NO5. The fourth-order valence-electron chi connectivity index (χ4n) is 13.4. The monoisotopic (exact) mass is 647 g/mol. The van der Waals surface area contributed by atoms with Gasteiger partial charge in [0.2, 0.25) is 0 Å². The highest BCUT2D eigenvalue weighted by molar-refractivity contribution is 5.78. The molecule has 2 N–H and O–H groups in total. The van der Waals surface area contributed by atoms with Crippen molar-refractivity contribution in [3.05, 3.63) is 35.9 Å². The summed E-state index contributed by atoms with van der Waals surface area (Å²) in [6.45, 7) is 15.3. The van der Waals surface area contributed by atoms with Gasteiger partial charge in [0, 0.05) is 18.1 Å². The van der Waals surface area contributed by atoms with Crippen molar-refractivity contribution in [2.45, 2.75) is 137 Å². The van der Waals surface area contributed by atoms with Crippen molar-refractivity contribution in [3.8, 4) is 0 Å². The van der Waals surface area contributed by atoms with Gasteiger partial charge in [-0.25, -0.2) is 4.79 Å². The molecular weight excluding hydrogens is 586 g/mol. The number of amides is 1. The molecule has 0 aromatic heterocycles. The van der Waals surface area contributed by atoms with E-state index in [9.17, 15) is 14.7 Å². The number of hydrogen-bond acceptors (Lipinski definition) is 5. The lowest BCUT2D eigenvalue weighted by molar-refractivity contribution is -0.250. The molecule has 47 heavy (non-hydrogen) atoms. The van der Waals surface area contributed by atoms with Gasteiger partial charge in [-0.05, 0) is 134 Å². The third-order valence-corrected chi connectivity index (χ3v) is 16.2. The maximum atomic E-state index is 14.3. The predicted molar refractivity (Wildman–Crippen MR) is 183 cm³/mol. The highest BCUT2D eigenvalue weighted by Crippen LogP contribution is 2.77. The van der Waals surface area contributed by atoms with E-state index >= 15 is 0 Å². The maximum Gasteiger partial charge on any atom is 0.407 e. The first-order valence-corrected chi connectivity index (χ1v) is 19.1. The molecule has 0 bridgehead atoms. The Kier molecular flexibility index (Phi) is 8.37. The minimum Gasteiger partial charge on any atom is -0.460 e. The van der Waals surface area contributed by atoms with E-state index in [-0.39, 0.29) is 58.3 Å². The molecule has 1 aromatic carbocycles. The minimum atomic E-state index is -0.449. The number of hydrogen-bond donors (Lipinski definition) is 2. The van der Waals surface area contributed by atoms with Crippen LogP contribution in [0.25, 0.3) is 0 Å². The van der Waals surface area contributed by atoms with Gasteiger partial charge in [-0.2, -0.15) is 0 Å². The first-order valence-electron chi connectivity index (χ1n) is 19.1. The number of ether oxygens (including phenoxy) is 2. The summed E-state index contributed by atoms with van der Waals surface area (Å²) >= 11 is 0. The molecule has 0 saturated heterocycles. The molecule has 1 aromatic rings. The van der Waals surface area contributed by atoms with Crippen molar-refractivity contribution in [2.24, 2.45) is 62.6 Å². The van der Waals surface area contributed by atoms with Crippen LogP contribution in [0.1, 0.15) is 124 Å². The van der Waals surface area contributed by atoms with Gasteiger partial charge in [0.05, 0.1) is 5.41 Å². The Balaban J connectivity index is 1.16. The number of esters is 1. The first-order chi connectivity index (χ1) is 22.3. The van der Waals surface area contributed by atoms with Crippen LogP contribution in [0.5, 0.6) is 0 Å². The molecule has 0 heterocycles. The molecule has 7 rings (SSSR count). The first kappa shape index (κ1) is 33.4. The van der Waals surface area contributed by atoms with E-state index in [1.165, 1.54) is 12.8 Å². The SMILES string of the molecule is C[C@@H](CO)[C@@H]1CC[C@]2(C(=O)OCc3ccccc3)CC[C@]3(C)C(CCC4[C@@]5(C)CC[C@@H](OC(=O)NC6CC6)C(C)(C)C5CC[C@]43C)C12. The average Bonchev–Trinajstić information content (AvgIpc) is 3.77. The number of carbonyl (C=O) groups excluding carboxylic acids is 2. The highest BCUT2D eigenvalue weighted by Gasteiger charge is 2.72. The summed E-state index contributed by atoms with van der Waals surface area (Å²) in [7, 11) is 0. The molecule has 6 nitrogen and oxygen atoms in total. The lowest BCUT2D eigenvalue weighted by atomic mass is 9.32. The Morgan fingerprint density at radius 1 is 0.851 bits per heavy atom. The van der Waals surface area contributed by atoms with Crippen LogP contribution in [0.15, 0.2) is 30.3 Å². The van der Waals surface area contributed by atoms with Gasteiger partial charge in [-0.1, -0.05) is 71.9 Å². The molecule has 11 atom stereocenters. The number of carbonyl (C=O) groups is 2. The Labute approximate surface area is 283 Å². The number of rotatable bonds is 7. The Bertz CT molecular complexity index is 1340. The van der Waals surface area contributed by atoms with Crippen molar-refractivity contribution in [3.63, 3.8) is 0 Å². The van der Waals surface area contributed by atoms with Crippen molar-refractivity contribution >= 4 is 12.1 Å². The zero-order chi connectivity index (χ0) is 33.4. The second kappa shape index (κ2) is 11.8. The van der Waals surface area contributed by atoms with E-state index in [0.29, 0.717) is 36.3 Å². The van der Waals surface area contributed by atoms with Crippen LogP contribution in [-0.2, 0) is 20.9 Å². The molecule has 0 radical (unpaired) electrons. The maximum absolute atomic E-state index is 14.3. The molecule has 6 fully saturated rings. The largest absolute Gasteiger partial charge is 0.460 e. The van der Waals surface area contributed by atoms with Crippen LogP contribution in [0, 0.1) is 62.6 Å². The van der Waals surface area contributed by atoms with E-state index in [0.717, 1.165) is 69.8 Å². The summed E-state index contributed by atoms with van der Waals surface area (Å²) in [4.78, 5) is 27.1. The standard InChI is InChI=1S/C41H61NO5/c1-26(24-43)29-16-21-41(35(44)46-25-27-10-8-7-9-11-27)23-22-39(5)30(34(29)41)14-15-32-38(4)19-18-33(47-36(45)42-28-12-13-28)37(2,3)31(38)17-20-40(32,39)6/h7-11,26,28-34,43H,12-25H2,1-6H3,(H,42,45)/t26-,29-,30?,31?,32?,33+,34?,38-,39+,40+,41-/m0/s1. The quantitative estimate of drug-likeness (QED) is 0.289. The normalized spacial score (nSPS) is 44.1. The number of alkyl carbamates (subject to hydrolysis) is 1. The summed E-state index contributed by atoms with van der Waals surface area (Å²) in [5.41, 5.74) is 0.993. The van der Waals surface area contributed by atoms with Gasteiger partial charge in [0.1, 0.15) is 12.7 Å². The topological polar surface area (TPSA) is 84.9 Å². The fourth-order valence-corrected chi connectivity index (χ4v) is 13.4. The average molecular weight is 648 g/mol. The zero-order valence-corrected chi connectivity index (χ0v) is 30.0. The van der Waals surface area contributed by atoms with Crippen LogP contribution in [-0.4, -0.2) is 35.9 Å². The number of fused-ring (bicyclic) bond motifs is 7. The van der Waals surface area contributed by atoms with E-state index in [2.05, 4.69) is 46.9 Å². The van der Waals surface area contributed by atoms with E-state index in [1.54, 1.807) is 0 Å². The molecule has 6 aliphatic rings. The van der Waals surface area contributed by atoms with Crippen molar-refractivity contribution in [2.75, 3.05) is 6.61 Å². The lowest BCUT2D eigenvalue weighted by Gasteiger charge is -2.72. The van der Waals surface area contributed by atoms with Crippen LogP contribution in [0.2, 0.25) is 0 Å². The summed E-state index contributed by atoms with van der Waals surface area (Å²) in [5.74, 6) is 2.33. The highest BCUT2D eigenvalue weighted by atomic mass is 16.6. The second-order valence-corrected chi connectivity index (χ2v) is 18.4. The van der Waals surface area contributed by atoms with E-state index < -0.39 is 5.41 Å². The van der Waals surface area contributed by atoms with Gasteiger partial charge >= 0.3 is 12.1 Å². The number of aliphatic hydroxyl groups excluding tert-OH is 1. The summed E-state index contributed by atoms with van der Waals surface area (Å²) in [6.07, 6.45) is 12.4. The van der Waals surface area contributed by atoms with Crippen molar-refractivity contribution in [1.29, 1.82) is 0 Å². The third kappa shape index (κ3) is 5.11. The molecule has 260 valence electrons. The minimum absolute atomic E-state index is 0.00906. The molecule has 6 saturated carbocycles. The van der Waals surface area contributed by atoms with E-state index in [4.69, 9.17) is 9.47 Å². The molecule has 0 aliphatic heterocycles. The summed E-state index contributed by atoms with van der Waals surface area (Å²) in [5, 5.41) is 13.5. The van der Waals surface area contributed by atoms with Gasteiger partial charge in [-0.3, -0.25) is 4.79 Å². The molecule has 1 amide bonds. The second-order valence-electron chi connectivity index (χ2n) is 18.4.